The predicted octanol–water partition coefficient (Wildman–Crippen LogP) is 3.03. The number of ether oxygens (including phenoxy) is 2. The van der Waals surface area contributed by atoms with E-state index in [0.717, 1.165) is 23.5 Å². The van der Waals surface area contributed by atoms with E-state index in [9.17, 15) is 0 Å². The van der Waals surface area contributed by atoms with Crippen LogP contribution in [0.2, 0.25) is 0 Å². The van der Waals surface area contributed by atoms with Crippen LogP contribution in [0.3, 0.4) is 0 Å². The molecule has 4 nitrogen and oxygen atoms in total. The monoisotopic (exact) mass is 266 g/mol. The molecule has 0 fully saturated rings. The van der Waals surface area contributed by atoms with Crippen molar-refractivity contribution in [3.63, 3.8) is 0 Å². The molecule has 0 aliphatic rings. The van der Waals surface area contributed by atoms with Crippen LogP contribution in [0, 0.1) is 5.92 Å². The molecule has 0 amide bonds. The maximum absolute atomic E-state index is 5.65. The van der Waals surface area contributed by atoms with Crippen molar-refractivity contribution in [2.75, 3.05) is 13.2 Å². The molecule has 0 saturated carbocycles. The first-order valence-electron chi connectivity index (χ1n) is 6.98. The van der Waals surface area contributed by atoms with Crippen LogP contribution in [0.15, 0.2) is 18.2 Å². The van der Waals surface area contributed by atoms with Crippen LogP contribution in [0.5, 0.6) is 11.5 Å². The molecule has 0 aromatic heterocycles. The number of nitrogens with two attached hydrogens (primary N) is 1. The van der Waals surface area contributed by atoms with Gasteiger partial charge in [0.25, 0.3) is 0 Å². The van der Waals surface area contributed by atoms with Crippen molar-refractivity contribution in [2.45, 2.75) is 40.2 Å². The largest absolute Gasteiger partial charge is 0.490 e. The van der Waals surface area contributed by atoms with Gasteiger partial charge in [-0.2, -0.15) is 0 Å². The van der Waals surface area contributed by atoms with E-state index < -0.39 is 0 Å². The first-order chi connectivity index (χ1) is 9.12. The zero-order valence-electron chi connectivity index (χ0n) is 12.4. The highest BCUT2D eigenvalue weighted by molar-refractivity contribution is 5.44. The highest BCUT2D eigenvalue weighted by Crippen LogP contribution is 2.32. The maximum Gasteiger partial charge on any atom is 0.161 e. The third-order valence-corrected chi connectivity index (χ3v) is 2.88. The van der Waals surface area contributed by atoms with Crippen LogP contribution in [-0.2, 0) is 0 Å². The van der Waals surface area contributed by atoms with Gasteiger partial charge in [-0.15, -0.1) is 0 Å². The number of rotatable bonds is 8. The molecule has 0 aliphatic carbocycles. The first kappa shape index (κ1) is 15.8. The van der Waals surface area contributed by atoms with E-state index in [1.54, 1.807) is 0 Å². The Morgan fingerprint density at radius 3 is 2.26 bits per heavy atom. The summed E-state index contributed by atoms with van der Waals surface area (Å²) < 4.78 is 11.2. The summed E-state index contributed by atoms with van der Waals surface area (Å²) in [6, 6.07) is 6.14. The molecule has 1 aromatic carbocycles. The molecule has 1 unspecified atom stereocenters. The minimum atomic E-state index is 0.134. The van der Waals surface area contributed by atoms with Gasteiger partial charge in [-0.05, 0) is 43.9 Å². The average molecular weight is 266 g/mol. The van der Waals surface area contributed by atoms with Crippen molar-refractivity contribution >= 4 is 0 Å². The van der Waals surface area contributed by atoms with Gasteiger partial charge in [-0.1, -0.05) is 19.9 Å². The van der Waals surface area contributed by atoms with E-state index in [0.29, 0.717) is 19.1 Å². The summed E-state index contributed by atoms with van der Waals surface area (Å²) in [7, 11) is 0. The summed E-state index contributed by atoms with van der Waals surface area (Å²) in [5, 5.41) is 0. The topological polar surface area (TPSA) is 56.5 Å². The third-order valence-electron chi connectivity index (χ3n) is 2.88. The second-order valence-electron chi connectivity index (χ2n) is 4.92. The standard InChI is InChI=1S/C15H26N2O2/c1-5-18-14-8-7-12(10-15(14)19-6-2)13(17-16)9-11(3)4/h7-8,10-11,13,17H,5-6,9,16H2,1-4H3. The minimum Gasteiger partial charge on any atom is -0.490 e. The summed E-state index contributed by atoms with van der Waals surface area (Å²) in [5.74, 6) is 7.79. The molecule has 0 spiro atoms. The zero-order chi connectivity index (χ0) is 14.3. The van der Waals surface area contributed by atoms with E-state index in [-0.39, 0.29) is 6.04 Å². The van der Waals surface area contributed by atoms with Crippen LogP contribution in [0.1, 0.15) is 45.7 Å². The summed E-state index contributed by atoms with van der Waals surface area (Å²) in [4.78, 5) is 0. The molecule has 4 heteroatoms. The van der Waals surface area contributed by atoms with Crippen molar-refractivity contribution in [1.29, 1.82) is 0 Å². The normalized spacial score (nSPS) is 12.5. The van der Waals surface area contributed by atoms with E-state index in [4.69, 9.17) is 15.3 Å². The molecule has 0 saturated heterocycles. The molecule has 1 aromatic rings. The highest BCUT2D eigenvalue weighted by atomic mass is 16.5. The number of nitrogens with one attached hydrogen (secondary N) is 1. The molecule has 3 N–H and O–H groups in total. The van der Waals surface area contributed by atoms with Gasteiger partial charge in [0.2, 0.25) is 0 Å². The molecule has 0 heterocycles. The summed E-state index contributed by atoms with van der Waals surface area (Å²) in [6.07, 6.45) is 0.982. The van der Waals surface area contributed by atoms with Crippen molar-refractivity contribution < 1.29 is 9.47 Å². The lowest BCUT2D eigenvalue weighted by atomic mass is 9.97. The highest BCUT2D eigenvalue weighted by Gasteiger charge is 2.14. The number of benzene rings is 1. The van der Waals surface area contributed by atoms with Gasteiger partial charge in [0.05, 0.1) is 13.2 Å². The Kier molecular flexibility index (Phi) is 6.67. The lowest BCUT2D eigenvalue weighted by Gasteiger charge is -2.20. The Morgan fingerprint density at radius 2 is 1.74 bits per heavy atom. The summed E-state index contributed by atoms with van der Waals surface area (Å²) in [5.41, 5.74) is 4.00. The SMILES string of the molecule is CCOc1ccc(C(CC(C)C)NN)cc1OCC. The smallest absolute Gasteiger partial charge is 0.161 e. The van der Waals surface area contributed by atoms with Crippen molar-refractivity contribution in [1.82, 2.24) is 5.43 Å². The Morgan fingerprint density at radius 1 is 1.11 bits per heavy atom. The van der Waals surface area contributed by atoms with Gasteiger partial charge in [0.1, 0.15) is 0 Å². The van der Waals surface area contributed by atoms with Gasteiger partial charge in [0, 0.05) is 6.04 Å². The lowest BCUT2D eigenvalue weighted by Crippen LogP contribution is -2.29. The Balaban J connectivity index is 2.97. The summed E-state index contributed by atoms with van der Waals surface area (Å²) >= 11 is 0. The number of hydrogen-bond acceptors (Lipinski definition) is 4. The molecular formula is C15H26N2O2. The van der Waals surface area contributed by atoms with Crippen LogP contribution < -0.4 is 20.7 Å². The van der Waals surface area contributed by atoms with E-state index in [1.807, 2.05) is 32.0 Å². The molecule has 1 atom stereocenters. The van der Waals surface area contributed by atoms with Crippen LogP contribution in [-0.4, -0.2) is 13.2 Å². The molecule has 0 bridgehead atoms. The van der Waals surface area contributed by atoms with Crippen LogP contribution in [0.4, 0.5) is 0 Å². The van der Waals surface area contributed by atoms with E-state index in [1.165, 1.54) is 0 Å². The van der Waals surface area contributed by atoms with Crippen LogP contribution in [0.25, 0.3) is 0 Å². The molecule has 108 valence electrons. The van der Waals surface area contributed by atoms with Gasteiger partial charge >= 0.3 is 0 Å². The fourth-order valence-electron chi connectivity index (χ4n) is 2.06. The maximum atomic E-state index is 5.65. The first-order valence-corrected chi connectivity index (χ1v) is 6.98. The second-order valence-corrected chi connectivity index (χ2v) is 4.92. The van der Waals surface area contributed by atoms with Gasteiger partial charge in [-0.3, -0.25) is 11.3 Å². The van der Waals surface area contributed by atoms with Gasteiger partial charge < -0.3 is 9.47 Å². The molecule has 19 heavy (non-hydrogen) atoms. The number of hydrazine groups is 1. The lowest BCUT2D eigenvalue weighted by molar-refractivity contribution is 0.287. The van der Waals surface area contributed by atoms with E-state index in [2.05, 4.69) is 19.3 Å². The van der Waals surface area contributed by atoms with Crippen LogP contribution >= 0.6 is 0 Å². The molecular weight excluding hydrogens is 240 g/mol. The Bertz CT molecular complexity index is 380. The number of hydrogen-bond donors (Lipinski definition) is 2. The Hall–Kier alpha value is -1.26. The van der Waals surface area contributed by atoms with Crippen molar-refractivity contribution in [2.24, 2.45) is 11.8 Å². The van der Waals surface area contributed by atoms with E-state index >= 15 is 0 Å². The molecule has 0 aliphatic heterocycles. The molecule has 0 radical (unpaired) electrons. The fraction of sp³-hybridized carbons (Fsp3) is 0.600. The van der Waals surface area contributed by atoms with Gasteiger partial charge in [0.15, 0.2) is 11.5 Å². The third kappa shape index (κ3) is 4.73. The zero-order valence-corrected chi connectivity index (χ0v) is 12.4. The summed E-state index contributed by atoms with van der Waals surface area (Å²) in [6.45, 7) is 9.55. The minimum absolute atomic E-state index is 0.134. The average Bonchev–Trinajstić information content (AvgIpc) is 2.38. The second kappa shape index (κ2) is 8.02. The van der Waals surface area contributed by atoms with Crippen molar-refractivity contribution in [3.05, 3.63) is 23.8 Å². The Labute approximate surface area is 116 Å². The van der Waals surface area contributed by atoms with Crippen molar-refractivity contribution in [3.8, 4) is 11.5 Å². The predicted molar refractivity (Wildman–Crippen MR) is 78.3 cm³/mol. The fourth-order valence-corrected chi connectivity index (χ4v) is 2.06. The molecule has 1 rings (SSSR count). The quantitative estimate of drug-likeness (QED) is 0.561. The van der Waals surface area contributed by atoms with Gasteiger partial charge in [-0.25, -0.2) is 0 Å².